The molecule has 3 heterocycles. The van der Waals surface area contributed by atoms with Crippen LogP contribution in [0.15, 0.2) is 63.9 Å². The van der Waals surface area contributed by atoms with E-state index < -0.39 is 11.6 Å². The largest absolute Gasteiger partial charge is 0.440 e. The molecule has 4 aromatic rings. The van der Waals surface area contributed by atoms with Crippen molar-refractivity contribution in [2.75, 3.05) is 20.1 Å². The number of pyridine rings is 1. The topological polar surface area (TPSA) is 51.3 Å². The number of para-hydroxylation sites is 1. The highest BCUT2D eigenvalue weighted by Gasteiger charge is 2.27. The van der Waals surface area contributed by atoms with Crippen LogP contribution in [-0.2, 0) is 0 Å². The fraction of sp³-hybridized carbons (Fsp3) is 0.259. The van der Waals surface area contributed by atoms with Gasteiger partial charge in [0.15, 0.2) is 11.7 Å². The lowest BCUT2D eigenvalue weighted by Crippen LogP contribution is -2.29. The monoisotopic (exact) mass is 495 g/mol. The van der Waals surface area contributed by atoms with Crippen molar-refractivity contribution in [1.29, 1.82) is 0 Å². The van der Waals surface area contributed by atoms with Gasteiger partial charge in [0.1, 0.15) is 17.3 Å². The standard InChI is InChI=1S/C27H24ClF2N3O2/c1-16-4-3-5-21(28)25(16)33-15-18(6-9-23(33)34)24-26(20-8-7-19(29)14-22(20)30)35-27(31-24)17-10-12-32(2)13-11-17/h3-9,14-15,17H,10-13H2,1-2H3. The molecule has 0 spiro atoms. The molecular weight excluding hydrogens is 472 g/mol. The molecule has 0 bridgehead atoms. The summed E-state index contributed by atoms with van der Waals surface area (Å²) in [5.74, 6) is -0.617. The van der Waals surface area contributed by atoms with Crippen molar-refractivity contribution in [3.63, 3.8) is 0 Å². The molecule has 1 fully saturated rings. The van der Waals surface area contributed by atoms with Crippen LogP contribution in [0.25, 0.3) is 28.3 Å². The highest BCUT2D eigenvalue weighted by Crippen LogP contribution is 2.38. The molecule has 0 N–H and O–H groups in total. The maximum Gasteiger partial charge on any atom is 0.255 e. The van der Waals surface area contributed by atoms with Crippen molar-refractivity contribution in [1.82, 2.24) is 14.5 Å². The van der Waals surface area contributed by atoms with Crippen LogP contribution >= 0.6 is 11.6 Å². The van der Waals surface area contributed by atoms with Gasteiger partial charge in [-0.15, -0.1) is 0 Å². The number of aromatic nitrogens is 2. The summed E-state index contributed by atoms with van der Waals surface area (Å²) < 4.78 is 36.1. The third-order valence-electron chi connectivity index (χ3n) is 6.50. The summed E-state index contributed by atoms with van der Waals surface area (Å²) in [6, 6.07) is 11.8. The van der Waals surface area contributed by atoms with Crippen molar-refractivity contribution in [3.05, 3.63) is 93.2 Å². The van der Waals surface area contributed by atoms with Crippen LogP contribution in [0, 0.1) is 18.6 Å². The molecule has 1 aliphatic rings. The number of rotatable bonds is 4. The summed E-state index contributed by atoms with van der Waals surface area (Å²) in [6.45, 7) is 3.67. The lowest BCUT2D eigenvalue weighted by atomic mass is 9.97. The Balaban J connectivity index is 1.68. The van der Waals surface area contributed by atoms with E-state index in [2.05, 4.69) is 11.9 Å². The van der Waals surface area contributed by atoms with Crippen molar-refractivity contribution in [3.8, 4) is 28.3 Å². The number of hydrogen-bond donors (Lipinski definition) is 0. The summed E-state index contributed by atoms with van der Waals surface area (Å²) >= 11 is 6.43. The van der Waals surface area contributed by atoms with Crippen LogP contribution in [0.3, 0.4) is 0 Å². The summed E-state index contributed by atoms with van der Waals surface area (Å²) in [5.41, 5.74) is 2.19. The third-order valence-corrected chi connectivity index (χ3v) is 6.81. The zero-order valence-electron chi connectivity index (χ0n) is 19.4. The van der Waals surface area contributed by atoms with Gasteiger partial charge in [0.2, 0.25) is 0 Å². The first-order valence-electron chi connectivity index (χ1n) is 11.4. The molecule has 180 valence electrons. The van der Waals surface area contributed by atoms with Crippen molar-refractivity contribution in [2.24, 2.45) is 0 Å². The summed E-state index contributed by atoms with van der Waals surface area (Å²) in [7, 11) is 2.07. The predicted molar refractivity (Wildman–Crippen MR) is 132 cm³/mol. The summed E-state index contributed by atoms with van der Waals surface area (Å²) in [5, 5.41) is 0.432. The maximum absolute atomic E-state index is 14.8. The van der Waals surface area contributed by atoms with E-state index in [1.165, 1.54) is 22.8 Å². The fourth-order valence-corrected chi connectivity index (χ4v) is 4.86. The Hall–Kier alpha value is -3.29. The van der Waals surface area contributed by atoms with Crippen molar-refractivity contribution >= 4 is 11.6 Å². The molecule has 0 radical (unpaired) electrons. The van der Waals surface area contributed by atoms with Crippen LogP contribution in [0.1, 0.15) is 30.2 Å². The predicted octanol–water partition coefficient (Wildman–Crippen LogP) is 6.21. The molecule has 5 rings (SSSR count). The van der Waals surface area contributed by atoms with E-state index in [9.17, 15) is 13.6 Å². The molecular formula is C27H24ClF2N3O2. The lowest BCUT2D eigenvalue weighted by Gasteiger charge is -2.26. The molecule has 0 aliphatic carbocycles. The average Bonchev–Trinajstić information content (AvgIpc) is 3.25. The summed E-state index contributed by atoms with van der Waals surface area (Å²) in [6.07, 6.45) is 3.36. The first-order valence-corrected chi connectivity index (χ1v) is 11.8. The highest BCUT2D eigenvalue weighted by atomic mass is 35.5. The SMILES string of the molecule is Cc1cccc(Cl)c1-n1cc(-c2nc(C3CCN(C)CC3)oc2-c2ccc(F)cc2F)ccc1=O. The first kappa shape index (κ1) is 23.5. The quantitative estimate of drug-likeness (QED) is 0.338. The van der Waals surface area contributed by atoms with E-state index in [0.29, 0.717) is 27.9 Å². The molecule has 1 aliphatic heterocycles. The molecule has 2 aromatic heterocycles. The number of aryl methyl sites for hydroxylation is 1. The van der Waals surface area contributed by atoms with Crippen LogP contribution in [0.4, 0.5) is 8.78 Å². The Bertz CT molecular complexity index is 1440. The van der Waals surface area contributed by atoms with Crippen LogP contribution in [0.2, 0.25) is 5.02 Å². The Morgan fingerprint density at radius 1 is 1.09 bits per heavy atom. The minimum Gasteiger partial charge on any atom is -0.440 e. The van der Waals surface area contributed by atoms with Gasteiger partial charge in [-0.05, 0) is 69.7 Å². The zero-order valence-corrected chi connectivity index (χ0v) is 20.1. The van der Waals surface area contributed by atoms with E-state index in [-0.39, 0.29) is 22.8 Å². The van der Waals surface area contributed by atoms with Crippen LogP contribution < -0.4 is 5.56 Å². The van der Waals surface area contributed by atoms with Gasteiger partial charge in [0, 0.05) is 29.8 Å². The van der Waals surface area contributed by atoms with Gasteiger partial charge in [-0.3, -0.25) is 9.36 Å². The van der Waals surface area contributed by atoms with Crippen molar-refractivity contribution in [2.45, 2.75) is 25.7 Å². The maximum atomic E-state index is 14.8. The molecule has 5 nitrogen and oxygen atoms in total. The second kappa shape index (κ2) is 9.40. The lowest BCUT2D eigenvalue weighted by molar-refractivity contribution is 0.238. The van der Waals surface area contributed by atoms with Gasteiger partial charge in [-0.2, -0.15) is 0 Å². The average molecular weight is 496 g/mol. The number of oxazole rings is 1. The summed E-state index contributed by atoms with van der Waals surface area (Å²) in [4.78, 5) is 19.8. The van der Waals surface area contributed by atoms with Gasteiger partial charge in [0.05, 0.1) is 16.3 Å². The van der Waals surface area contributed by atoms with Gasteiger partial charge < -0.3 is 9.32 Å². The van der Waals surface area contributed by atoms with Gasteiger partial charge in [-0.25, -0.2) is 13.8 Å². The molecule has 0 saturated carbocycles. The van der Waals surface area contributed by atoms with E-state index in [0.717, 1.165) is 37.6 Å². The van der Waals surface area contributed by atoms with Gasteiger partial charge in [-0.1, -0.05) is 23.7 Å². The van der Waals surface area contributed by atoms with E-state index >= 15 is 0 Å². The smallest absolute Gasteiger partial charge is 0.255 e. The first-order chi connectivity index (χ1) is 16.8. The number of nitrogens with zero attached hydrogens (tertiary/aromatic N) is 3. The van der Waals surface area contributed by atoms with E-state index in [4.69, 9.17) is 21.0 Å². The second-order valence-corrected chi connectivity index (χ2v) is 9.37. The minimum absolute atomic E-state index is 0.0823. The third kappa shape index (κ3) is 4.54. The molecule has 0 atom stereocenters. The van der Waals surface area contributed by atoms with E-state index in [1.54, 1.807) is 18.3 Å². The van der Waals surface area contributed by atoms with E-state index in [1.807, 2.05) is 19.1 Å². The number of halogens is 3. The van der Waals surface area contributed by atoms with Gasteiger partial charge >= 0.3 is 0 Å². The minimum atomic E-state index is -0.743. The number of piperidine rings is 1. The zero-order chi connectivity index (χ0) is 24.7. The Labute approximate surface area is 206 Å². The molecule has 1 saturated heterocycles. The van der Waals surface area contributed by atoms with Crippen molar-refractivity contribution < 1.29 is 13.2 Å². The second-order valence-electron chi connectivity index (χ2n) is 8.96. The molecule has 0 unspecified atom stereocenters. The molecule has 0 amide bonds. The molecule has 35 heavy (non-hydrogen) atoms. The fourth-order valence-electron chi connectivity index (χ4n) is 4.55. The Morgan fingerprint density at radius 3 is 2.57 bits per heavy atom. The normalized spacial score (nSPS) is 15.0. The van der Waals surface area contributed by atoms with Crippen LogP contribution in [-0.4, -0.2) is 34.6 Å². The molecule has 2 aromatic carbocycles. The Kier molecular flexibility index (Phi) is 6.30. The Morgan fingerprint density at radius 2 is 1.86 bits per heavy atom. The number of likely N-dealkylation sites (tertiary alicyclic amines) is 1. The molecule has 8 heteroatoms. The van der Waals surface area contributed by atoms with Crippen LogP contribution in [0.5, 0.6) is 0 Å². The van der Waals surface area contributed by atoms with Gasteiger partial charge in [0.25, 0.3) is 5.56 Å². The number of hydrogen-bond acceptors (Lipinski definition) is 4. The highest BCUT2D eigenvalue weighted by molar-refractivity contribution is 6.32. The number of benzene rings is 2.